The molecule has 0 fully saturated rings. The summed E-state index contributed by atoms with van der Waals surface area (Å²) < 4.78 is 32.6. The van der Waals surface area contributed by atoms with Crippen LogP contribution in [0.1, 0.15) is 168 Å². The summed E-state index contributed by atoms with van der Waals surface area (Å²) >= 11 is 0. The van der Waals surface area contributed by atoms with E-state index in [4.69, 9.17) is 19.1 Å². The van der Waals surface area contributed by atoms with Gasteiger partial charge in [0.15, 0.2) is 6.10 Å². The van der Waals surface area contributed by atoms with E-state index >= 15 is 0 Å². The lowest BCUT2D eigenvalue weighted by Crippen LogP contribution is -2.29. The molecule has 0 aromatic heterocycles. The molecule has 0 aliphatic rings. The Bertz CT molecular complexity index is 952. The SMILES string of the molecule is CCCCCC/C=C/C=C/CCCCCCCC(=O)O[C@H](COC(=O)CCCCCCC/C=C/CCCCCC)COP(=O)(O)OC[C@@H](O)CO. The lowest BCUT2D eigenvalue weighted by Gasteiger charge is -2.20. The van der Waals surface area contributed by atoms with Crippen molar-refractivity contribution in [1.29, 1.82) is 0 Å². The average molecular weight is 745 g/mol. The number of allylic oxidation sites excluding steroid dienone is 6. The van der Waals surface area contributed by atoms with E-state index in [2.05, 4.69) is 54.8 Å². The lowest BCUT2D eigenvalue weighted by atomic mass is 10.1. The zero-order valence-electron chi connectivity index (χ0n) is 32.1. The first kappa shape index (κ1) is 49.2. The van der Waals surface area contributed by atoms with Crippen molar-refractivity contribution in [3.63, 3.8) is 0 Å². The van der Waals surface area contributed by atoms with Crippen LogP contribution >= 0.6 is 7.82 Å². The second-order valence-electron chi connectivity index (χ2n) is 13.3. The number of esters is 2. The van der Waals surface area contributed by atoms with Crippen LogP contribution in [0, 0.1) is 0 Å². The number of rotatable bonds is 37. The first-order chi connectivity index (χ1) is 24.7. The summed E-state index contributed by atoms with van der Waals surface area (Å²) in [5, 5.41) is 18.3. The molecule has 298 valence electrons. The maximum absolute atomic E-state index is 12.6. The second-order valence-corrected chi connectivity index (χ2v) is 14.8. The molecule has 10 nitrogen and oxygen atoms in total. The van der Waals surface area contributed by atoms with E-state index in [0.717, 1.165) is 77.0 Å². The van der Waals surface area contributed by atoms with Gasteiger partial charge >= 0.3 is 19.8 Å². The summed E-state index contributed by atoms with van der Waals surface area (Å²) in [6.07, 6.45) is 35.4. The van der Waals surface area contributed by atoms with Gasteiger partial charge in [0.2, 0.25) is 0 Å². The van der Waals surface area contributed by atoms with Gasteiger partial charge in [0.1, 0.15) is 12.7 Å². The Labute approximate surface area is 310 Å². The van der Waals surface area contributed by atoms with Crippen LogP contribution in [0.3, 0.4) is 0 Å². The number of phosphoric acid groups is 1. The number of hydrogen-bond donors (Lipinski definition) is 3. The Morgan fingerprint density at radius 3 is 1.53 bits per heavy atom. The minimum Gasteiger partial charge on any atom is -0.462 e. The quantitative estimate of drug-likeness (QED) is 0.0184. The number of unbranched alkanes of at least 4 members (excludes halogenated alkanes) is 18. The van der Waals surface area contributed by atoms with Crippen LogP contribution in [-0.2, 0) is 32.7 Å². The molecule has 0 aliphatic heterocycles. The van der Waals surface area contributed by atoms with Gasteiger partial charge in [-0.1, -0.05) is 127 Å². The van der Waals surface area contributed by atoms with E-state index in [1.807, 2.05) is 0 Å². The zero-order valence-corrected chi connectivity index (χ0v) is 33.0. The minimum absolute atomic E-state index is 0.165. The number of hydrogen-bond acceptors (Lipinski definition) is 9. The Morgan fingerprint density at radius 2 is 1.02 bits per heavy atom. The van der Waals surface area contributed by atoms with Gasteiger partial charge in [0, 0.05) is 12.8 Å². The molecule has 0 heterocycles. The molecule has 0 radical (unpaired) electrons. The number of carbonyl (C=O) groups is 2. The smallest absolute Gasteiger partial charge is 0.462 e. The van der Waals surface area contributed by atoms with Crippen LogP contribution < -0.4 is 0 Å². The molecule has 0 amide bonds. The molecule has 51 heavy (non-hydrogen) atoms. The van der Waals surface area contributed by atoms with Crippen LogP contribution in [0.25, 0.3) is 0 Å². The Morgan fingerprint density at radius 1 is 0.588 bits per heavy atom. The third-order valence-corrected chi connectivity index (χ3v) is 9.25. The van der Waals surface area contributed by atoms with E-state index in [-0.39, 0.29) is 19.4 Å². The molecule has 0 saturated heterocycles. The molecular formula is C40H73O10P. The Kier molecular flexibility index (Phi) is 35.2. The fourth-order valence-electron chi connectivity index (χ4n) is 5.15. The van der Waals surface area contributed by atoms with E-state index < -0.39 is 51.8 Å². The van der Waals surface area contributed by atoms with Crippen LogP contribution in [0.5, 0.6) is 0 Å². The van der Waals surface area contributed by atoms with Crippen LogP contribution in [0.2, 0.25) is 0 Å². The van der Waals surface area contributed by atoms with E-state index in [9.17, 15) is 24.2 Å². The maximum Gasteiger partial charge on any atom is 0.472 e. The lowest BCUT2D eigenvalue weighted by molar-refractivity contribution is -0.161. The summed E-state index contributed by atoms with van der Waals surface area (Å²) in [5.41, 5.74) is 0. The monoisotopic (exact) mass is 744 g/mol. The topological polar surface area (TPSA) is 149 Å². The highest BCUT2D eigenvalue weighted by atomic mass is 31.2. The number of ether oxygens (including phenoxy) is 2. The summed E-state index contributed by atoms with van der Waals surface area (Å²) in [7, 11) is -4.62. The molecule has 1 unspecified atom stereocenters. The van der Waals surface area contributed by atoms with Crippen molar-refractivity contribution >= 4 is 19.8 Å². The van der Waals surface area contributed by atoms with Gasteiger partial charge in [-0.25, -0.2) is 4.57 Å². The second kappa shape index (κ2) is 36.5. The highest BCUT2D eigenvalue weighted by Gasteiger charge is 2.27. The molecule has 0 rings (SSSR count). The van der Waals surface area contributed by atoms with Gasteiger partial charge in [0.05, 0.1) is 19.8 Å². The van der Waals surface area contributed by atoms with Crippen molar-refractivity contribution in [3.05, 3.63) is 36.5 Å². The summed E-state index contributed by atoms with van der Waals surface area (Å²) in [4.78, 5) is 34.8. The summed E-state index contributed by atoms with van der Waals surface area (Å²) in [6.45, 7) is 2.30. The zero-order chi connectivity index (χ0) is 37.7. The molecule has 11 heteroatoms. The van der Waals surface area contributed by atoms with Crippen molar-refractivity contribution in [3.8, 4) is 0 Å². The first-order valence-corrected chi connectivity index (χ1v) is 21.5. The van der Waals surface area contributed by atoms with Gasteiger partial charge in [0.25, 0.3) is 0 Å². The normalized spacial score (nSPS) is 14.4. The van der Waals surface area contributed by atoms with Crippen molar-refractivity contribution < 1.29 is 47.8 Å². The largest absolute Gasteiger partial charge is 0.472 e. The Hall–Kier alpha value is -1.81. The standard InChI is InChI=1S/C40H73O10P/c1-3-5-7-9-11-13-15-17-18-20-22-24-26-28-30-32-40(44)50-38(36-49-51(45,46)48-34-37(42)33-41)35-47-39(43)31-29-27-25-23-21-19-16-14-12-10-8-6-4-2/h13-18,37-38,41-42H,3-12,19-36H2,1-2H3,(H,45,46)/b15-13+,16-14+,18-17+/t37-,38+/m0/s1. The molecule has 0 aromatic carbocycles. The third-order valence-electron chi connectivity index (χ3n) is 8.29. The molecule has 0 bridgehead atoms. The molecule has 0 saturated carbocycles. The van der Waals surface area contributed by atoms with Gasteiger partial charge in [-0.15, -0.1) is 0 Å². The highest BCUT2D eigenvalue weighted by molar-refractivity contribution is 7.47. The van der Waals surface area contributed by atoms with Crippen LogP contribution in [-0.4, -0.2) is 65.7 Å². The van der Waals surface area contributed by atoms with E-state index in [0.29, 0.717) is 12.8 Å². The predicted molar refractivity (Wildman–Crippen MR) is 205 cm³/mol. The molecule has 3 N–H and O–H groups in total. The summed E-state index contributed by atoms with van der Waals surface area (Å²) in [6, 6.07) is 0. The van der Waals surface area contributed by atoms with Crippen molar-refractivity contribution in [2.45, 2.75) is 180 Å². The van der Waals surface area contributed by atoms with E-state index in [1.54, 1.807) is 0 Å². The maximum atomic E-state index is 12.6. The van der Waals surface area contributed by atoms with Gasteiger partial charge in [-0.2, -0.15) is 0 Å². The molecule has 0 spiro atoms. The summed E-state index contributed by atoms with van der Waals surface area (Å²) in [5.74, 6) is -0.954. The molecular weight excluding hydrogens is 671 g/mol. The number of carbonyl (C=O) groups excluding carboxylic acids is 2. The Balaban J connectivity index is 4.40. The fourth-order valence-corrected chi connectivity index (χ4v) is 5.94. The van der Waals surface area contributed by atoms with Gasteiger partial charge in [-0.05, 0) is 64.2 Å². The minimum atomic E-state index is -4.62. The fraction of sp³-hybridized carbons (Fsp3) is 0.800. The van der Waals surface area contributed by atoms with Gasteiger partial charge < -0.3 is 24.6 Å². The number of aliphatic hydroxyl groups excluding tert-OH is 2. The third kappa shape index (κ3) is 36.3. The molecule has 3 atom stereocenters. The van der Waals surface area contributed by atoms with Crippen molar-refractivity contribution in [2.75, 3.05) is 26.4 Å². The number of phosphoric ester groups is 1. The highest BCUT2D eigenvalue weighted by Crippen LogP contribution is 2.43. The van der Waals surface area contributed by atoms with Crippen molar-refractivity contribution in [2.24, 2.45) is 0 Å². The van der Waals surface area contributed by atoms with Crippen LogP contribution in [0.4, 0.5) is 0 Å². The molecule has 0 aromatic rings. The van der Waals surface area contributed by atoms with E-state index in [1.165, 1.54) is 51.4 Å². The van der Waals surface area contributed by atoms with Crippen molar-refractivity contribution in [1.82, 2.24) is 0 Å². The predicted octanol–water partition coefficient (Wildman–Crippen LogP) is 10.00. The average Bonchev–Trinajstić information content (AvgIpc) is 3.12. The van der Waals surface area contributed by atoms with Crippen LogP contribution in [0.15, 0.2) is 36.5 Å². The first-order valence-electron chi connectivity index (χ1n) is 20.0. The molecule has 0 aliphatic carbocycles. The van der Waals surface area contributed by atoms with Gasteiger partial charge in [-0.3, -0.25) is 18.6 Å². The number of aliphatic hydroxyl groups is 2.